The zero-order valence-electron chi connectivity index (χ0n) is 13.1. The molecule has 0 saturated heterocycles. The van der Waals surface area contributed by atoms with Gasteiger partial charge in [-0.3, -0.25) is 14.9 Å². The van der Waals surface area contributed by atoms with E-state index in [1.54, 1.807) is 26.0 Å². The average molecular weight is 369 g/mol. The number of carbonyl (C=O) groups is 2. The van der Waals surface area contributed by atoms with Gasteiger partial charge in [0.05, 0.1) is 17.6 Å². The Balaban J connectivity index is 1.90. The highest BCUT2D eigenvalue weighted by Crippen LogP contribution is 2.26. The quantitative estimate of drug-likeness (QED) is 0.756. The number of thioether (sulfide) groups is 1. The second-order valence-electron chi connectivity index (χ2n) is 4.67. The molecule has 0 fully saturated rings. The average Bonchev–Trinajstić information content (AvgIpc) is 3.02. The van der Waals surface area contributed by atoms with Gasteiger partial charge < -0.3 is 4.74 Å². The fourth-order valence-corrected chi connectivity index (χ4v) is 3.09. The lowest BCUT2D eigenvalue weighted by atomic mass is 10.2. The molecule has 1 amide bonds. The van der Waals surface area contributed by atoms with Crippen molar-refractivity contribution in [3.63, 3.8) is 0 Å². The lowest BCUT2D eigenvalue weighted by Gasteiger charge is -2.09. The van der Waals surface area contributed by atoms with E-state index in [9.17, 15) is 14.0 Å². The first kappa shape index (κ1) is 18.3. The first-order valence-corrected chi connectivity index (χ1v) is 9.03. The van der Waals surface area contributed by atoms with Gasteiger partial charge in [0.25, 0.3) is 0 Å². The molecule has 0 spiro atoms. The van der Waals surface area contributed by atoms with Crippen molar-refractivity contribution in [1.29, 1.82) is 0 Å². The fraction of sp³-hybridized carbons (Fsp3) is 0.333. The Kier molecular flexibility index (Phi) is 6.68. The predicted molar refractivity (Wildman–Crippen MR) is 92.5 cm³/mol. The summed E-state index contributed by atoms with van der Waals surface area (Å²) in [6, 6.07) is 5.87. The smallest absolute Gasteiger partial charge is 0.315 e. The number of hydrogen-bond donors (Lipinski definition) is 1. The normalized spacial score (nSPS) is 11.8. The van der Waals surface area contributed by atoms with Crippen LogP contribution in [0.1, 0.15) is 13.8 Å². The van der Waals surface area contributed by atoms with Crippen molar-refractivity contribution in [2.24, 2.45) is 0 Å². The number of amides is 1. The van der Waals surface area contributed by atoms with Gasteiger partial charge in [-0.15, -0.1) is 22.0 Å². The molecule has 1 atom stereocenters. The second kappa shape index (κ2) is 8.74. The molecule has 1 aromatic heterocycles. The molecule has 0 aliphatic rings. The number of benzene rings is 1. The highest BCUT2D eigenvalue weighted by atomic mass is 32.2. The van der Waals surface area contributed by atoms with E-state index in [-0.39, 0.29) is 23.4 Å². The van der Waals surface area contributed by atoms with Crippen LogP contribution in [0.25, 0.3) is 10.6 Å². The Morgan fingerprint density at radius 3 is 2.71 bits per heavy atom. The second-order valence-corrected chi connectivity index (χ2v) is 6.97. The summed E-state index contributed by atoms with van der Waals surface area (Å²) in [5, 5.41) is 11.0. The summed E-state index contributed by atoms with van der Waals surface area (Å²) in [4.78, 5) is 23.4. The van der Waals surface area contributed by atoms with Gasteiger partial charge >= 0.3 is 5.97 Å². The number of halogens is 1. The van der Waals surface area contributed by atoms with Crippen LogP contribution in [-0.2, 0) is 14.3 Å². The van der Waals surface area contributed by atoms with E-state index in [1.807, 2.05) is 0 Å². The lowest BCUT2D eigenvalue weighted by molar-refractivity contribution is -0.139. The van der Waals surface area contributed by atoms with Crippen LogP contribution in [0.5, 0.6) is 0 Å². The van der Waals surface area contributed by atoms with Crippen LogP contribution >= 0.6 is 23.1 Å². The largest absolute Gasteiger partial charge is 0.465 e. The van der Waals surface area contributed by atoms with E-state index >= 15 is 0 Å². The summed E-state index contributed by atoms with van der Waals surface area (Å²) < 4.78 is 17.7. The first-order valence-electron chi connectivity index (χ1n) is 7.17. The Bertz CT molecular complexity index is 706. The topological polar surface area (TPSA) is 81.2 Å². The highest BCUT2D eigenvalue weighted by molar-refractivity contribution is 8.01. The zero-order valence-corrected chi connectivity index (χ0v) is 14.7. The third-order valence-electron chi connectivity index (χ3n) is 2.87. The third-order valence-corrected chi connectivity index (χ3v) is 4.88. The molecule has 0 bridgehead atoms. The molecular weight excluding hydrogens is 353 g/mol. The molecule has 0 radical (unpaired) electrons. The van der Waals surface area contributed by atoms with Crippen molar-refractivity contribution in [2.75, 3.05) is 17.7 Å². The summed E-state index contributed by atoms with van der Waals surface area (Å²) in [7, 11) is 0. The number of esters is 1. The molecule has 128 valence electrons. The minimum atomic E-state index is -0.437. The molecule has 9 heteroatoms. The molecule has 24 heavy (non-hydrogen) atoms. The van der Waals surface area contributed by atoms with Crippen LogP contribution in [0.3, 0.4) is 0 Å². The van der Waals surface area contributed by atoms with Gasteiger partial charge in [-0.05, 0) is 38.1 Å². The molecule has 1 unspecified atom stereocenters. The Morgan fingerprint density at radius 1 is 1.33 bits per heavy atom. The number of aromatic nitrogens is 2. The van der Waals surface area contributed by atoms with Crippen LogP contribution in [-0.4, -0.2) is 39.7 Å². The molecule has 1 N–H and O–H groups in total. The number of hydrogen-bond acceptors (Lipinski definition) is 7. The van der Waals surface area contributed by atoms with Crippen LogP contribution < -0.4 is 5.32 Å². The molecule has 1 heterocycles. The first-order chi connectivity index (χ1) is 11.5. The maximum Gasteiger partial charge on any atom is 0.315 e. The van der Waals surface area contributed by atoms with Gasteiger partial charge in [0, 0.05) is 5.56 Å². The molecule has 2 rings (SSSR count). The van der Waals surface area contributed by atoms with Gasteiger partial charge in [0.2, 0.25) is 11.0 Å². The number of nitrogens with one attached hydrogen (secondary N) is 1. The lowest BCUT2D eigenvalue weighted by Crippen LogP contribution is -2.24. The highest BCUT2D eigenvalue weighted by Gasteiger charge is 2.18. The minimum absolute atomic E-state index is 0.110. The minimum Gasteiger partial charge on any atom is -0.465 e. The zero-order chi connectivity index (χ0) is 17.5. The predicted octanol–water partition coefficient (Wildman–Crippen LogP) is 2.97. The number of carbonyl (C=O) groups excluding carboxylic acids is 2. The van der Waals surface area contributed by atoms with Gasteiger partial charge in [-0.2, -0.15) is 0 Å². The van der Waals surface area contributed by atoms with Crippen molar-refractivity contribution in [1.82, 2.24) is 10.2 Å². The Hall–Kier alpha value is -2.00. The van der Waals surface area contributed by atoms with Gasteiger partial charge in [0.1, 0.15) is 10.8 Å². The van der Waals surface area contributed by atoms with Gasteiger partial charge in [0.15, 0.2) is 0 Å². The van der Waals surface area contributed by atoms with E-state index in [0.29, 0.717) is 16.7 Å². The number of ether oxygens (including phenoxy) is 1. The maximum atomic E-state index is 12.9. The Labute approximate surface area is 146 Å². The van der Waals surface area contributed by atoms with Crippen LogP contribution in [0.15, 0.2) is 24.3 Å². The number of nitrogens with zero attached hydrogens (tertiary/aromatic N) is 2. The van der Waals surface area contributed by atoms with Crippen LogP contribution in [0.4, 0.5) is 9.52 Å². The van der Waals surface area contributed by atoms with Crippen molar-refractivity contribution in [3.05, 3.63) is 30.1 Å². The van der Waals surface area contributed by atoms with E-state index < -0.39 is 5.25 Å². The van der Waals surface area contributed by atoms with E-state index in [2.05, 4.69) is 15.5 Å². The fourth-order valence-electron chi connectivity index (χ4n) is 1.66. The summed E-state index contributed by atoms with van der Waals surface area (Å²) >= 11 is 2.38. The van der Waals surface area contributed by atoms with E-state index in [0.717, 1.165) is 5.56 Å². The molecule has 1 aromatic carbocycles. The third kappa shape index (κ3) is 5.27. The summed E-state index contributed by atoms with van der Waals surface area (Å²) in [6.45, 7) is 3.74. The summed E-state index contributed by atoms with van der Waals surface area (Å²) in [6.07, 6.45) is 0. The monoisotopic (exact) mass is 369 g/mol. The molecular formula is C15H16FN3O3S2. The standard InChI is InChI=1S/C15H16FN3O3S2/c1-3-22-12(20)8-23-9(2)13(21)17-15-19-18-14(24-15)10-4-6-11(16)7-5-10/h4-7,9H,3,8H2,1-2H3,(H,17,19,21). The van der Waals surface area contributed by atoms with Gasteiger partial charge in [-0.25, -0.2) is 4.39 Å². The maximum absolute atomic E-state index is 12.9. The molecule has 0 aliphatic carbocycles. The van der Waals surface area contributed by atoms with Gasteiger partial charge in [-0.1, -0.05) is 11.3 Å². The van der Waals surface area contributed by atoms with Crippen LogP contribution in [0, 0.1) is 5.82 Å². The van der Waals surface area contributed by atoms with E-state index in [4.69, 9.17) is 4.74 Å². The van der Waals surface area contributed by atoms with Crippen molar-refractivity contribution >= 4 is 40.1 Å². The summed E-state index contributed by atoms with van der Waals surface area (Å²) in [5.41, 5.74) is 0.721. The molecule has 0 saturated carbocycles. The van der Waals surface area contributed by atoms with Crippen molar-refractivity contribution < 1.29 is 18.7 Å². The number of anilines is 1. The molecule has 6 nitrogen and oxygen atoms in total. The van der Waals surface area contributed by atoms with Crippen LogP contribution in [0.2, 0.25) is 0 Å². The Morgan fingerprint density at radius 2 is 2.04 bits per heavy atom. The van der Waals surface area contributed by atoms with Crippen molar-refractivity contribution in [3.8, 4) is 10.6 Å². The molecule has 0 aliphatic heterocycles. The molecule has 2 aromatic rings. The van der Waals surface area contributed by atoms with E-state index in [1.165, 1.54) is 35.2 Å². The van der Waals surface area contributed by atoms with Crippen molar-refractivity contribution in [2.45, 2.75) is 19.1 Å². The SMILES string of the molecule is CCOC(=O)CSC(C)C(=O)Nc1nnc(-c2ccc(F)cc2)s1. The summed E-state index contributed by atoms with van der Waals surface area (Å²) in [5.74, 6) is -0.841. The number of rotatable bonds is 7.